The monoisotopic (exact) mass is 399 g/mol. The molecule has 0 saturated heterocycles. The molecule has 0 fully saturated rings. The molecule has 0 aliphatic rings. The molecular formula is C21H22ClN3O3. The van der Waals surface area contributed by atoms with E-state index in [4.69, 9.17) is 21.1 Å². The van der Waals surface area contributed by atoms with Gasteiger partial charge in [-0.1, -0.05) is 23.7 Å². The van der Waals surface area contributed by atoms with Crippen molar-refractivity contribution in [2.24, 2.45) is 0 Å². The molecule has 1 heterocycles. The molecule has 0 bridgehead atoms. The molecule has 0 aliphatic heterocycles. The van der Waals surface area contributed by atoms with Gasteiger partial charge >= 0.3 is 0 Å². The minimum atomic E-state index is -0.682. The van der Waals surface area contributed by atoms with Crippen LogP contribution in [0.25, 0.3) is 0 Å². The SMILES string of the molecule is Cc1cc(Cl)ccc1OC(C)C(=O)Nc1ccccc1OCCn1ccnc1. The Morgan fingerprint density at radius 3 is 2.82 bits per heavy atom. The number of rotatable bonds is 8. The van der Waals surface area contributed by atoms with Crippen LogP contribution >= 0.6 is 11.6 Å². The first-order valence-corrected chi connectivity index (χ1v) is 9.32. The van der Waals surface area contributed by atoms with Gasteiger partial charge in [0.1, 0.15) is 18.1 Å². The highest BCUT2D eigenvalue weighted by Crippen LogP contribution is 2.26. The van der Waals surface area contributed by atoms with Crippen molar-refractivity contribution in [3.8, 4) is 11.5 Å². The molecule has 1 N–H and O–H groups in total. The highest BCUT2D eigenvalue weighted by molar-refractivity contribution is 6.30. The number of nitrogens with zero attached hydrogens (tertiary/aromatic N) is 2. The van der Waals surface area contributed by atoms with Gasteiger partial charge in [0.05, 0.1) is 18.6 Å². The Morgan fingerprint density at radius 1 is 1.25 bits per heavy atom. The van der Waals surface area contributed by atoms with Crippen molar-refractivity contribution in [2.75, 3.05) is 11.9 Å². The fraction of sp³-hybridized carbons (Fsp3) is 0.238. The smallest absolute Gasteiger partial charge is 0.265 e. The largest absolute Gasteiger partial charge is 0.490 e. The molecule has 28 heavy (non-hydrogen) atoms. The quantitative estimate of drug-likeness (QED) is 0.612. The molecule has 2 aromatic carbocycles. The van der Waals surface area contributed by atoms with E-state index in [1.807, 2.05) is 35.9 Å². The Kier molecular flexibility index (Phi) is 6.55. The maximum atomic E-state index is 12.6. The van der Waals surface area contributed by atoms with E-state index < -0.39 is 6.10 Å². The highest BCUT2D eigenvalue weighted by Gasteiger charge is 2.17. The number of imidazole rings is 1. The molecule has 3 rings (SSSR count). The molecule has 1 amide bonds. The summed E-state index contributed by atoms with van der Waals surface area (Å²) in [6, 6.07) is 12.6. The summed E-state index contributed by atoms with van der Waals surface area (Å²) in [6.45, 7) is 4.71. The van der Waals surface area contributed by atoms with E-state index in [2.05, 4.69) is 10.3 Å². The summed E-state index contributed by atoms with van der Waals surface area (Å²) in [7, 11) is 0. The Morgan fingerprint density at radius 2 is 2.07 bits per heavy atom. The summed E-state index contributed by atoms with van der Waals surface area (Å²) >= 11 is 5.96. The molecule has 1 atom stereocenters. The number of ether oxygens (including phenoxy) is 2. The molecule has 0 aliphatic carbocycles. The number of aryl methyl sites for hydroxylation is 1. The molecule has 3 aromatic rings. The van der Waals surface area contributed by atoms with Gasteiger partial charge in [-0.3, -0.25) is 4.79 Å². The van der Waals surface area contributed by atoms with Crippen LogP contribution in [-0.4, -0.2) is 28.2 Å². The number of halogens is 1. The van der Waals surface area contributed by atoms with Crippen LogP contribution < -0.4 is 14.8 Å². The van der Waals surface area contributed by atoms with E-state index in [0.29, 0.717) is 35.4 Å². The number of para-hydroxylation sites is 2. The summed E-state index contributed by atoms with van der Waals surface area (Å²) in [5, 5.41) is 3.50. The van der Waals surface area contributed by atoms with E-state index >= 15 is 0 Å². The maximum absolute atomic E-state index is 12.6. The fourth-order valence-electron chi connectivity index (χ4n) is 2.60. The minimum Gasteiger partial charge on any atom is -0.490 e. The van der Waals surface area contributed by atoms with Gasteiger partial charge in [-0.2, -0.15) is 0 Å². The topological polar surface area (TPSA) is 65.4 Å². The number of hydrogen-bond donors (Lipinski definition) is 1. The van der Waals surface area contributed by atoms with Crippen LogP contribution in [0.5, 0.6) is 11.5 Å². The van der Waals surface area contributed by atoms with E-state index in [0.717, 1.165) is 5.56 Å². The maximum Gasteiger partial charge on any atom is 0.265 e. The molecule has 0 saturated carbocycles. The van der Waals surface area contributed by atoms with Gasteiger partial charge in [0.25, 0.3) is 5.91 Å². The van der Waals surface area contributed by atoms with Gasteiger partial charge in [0, 0.05) is 17.4 Å². The molecule has 0 radical (unpaired) electrons. The summed E-state index contributed by atoms with van der Waals surface area (Å²) in [5.74, 6) is 0.961. The molecule has 1 unspecified atom stereocenters. The second-order valence-corrected chi connectivity index (χ2v) is 6.74. The van der Waals surface area contributed by atoms with Gasteiger partial charge < -0.3 is 19.4 Å². The summed E-state index contributed by atoms with van der Waals surface area (Å²) in [6.07, 6.45) is 4.64. The first-order valence-electron chi connectivity index (χ1n) is 8.94. The molecule has 146 valence electrons. The lowest BCUT2D eigenvalue weighted by Crippen LogP contribution is -2.30. The third kappa shape index (κ3) is 5.27. The normalized spacial score (nSPS) is 11.7. The standard InChI is InChI=1S/C21H22ClN3O3/c1-15-13-17(22)7-8-19(15)28-16(2)21(26)24-18-5-3-4-6-20(18)27-12-11-25-10-9-23-14-25/h3-10,13-14,16H,11-12H2,1-2H3,(H,24,26). The molecule has 1 aromatic heterocycles. The fourth-order valence-corrected chi connectivity index (χ4v) is 2.83. The predicted molar refractivity (Wildman–Crippen MR) is 109 cm³/mol. The van der Waals surface area contributed by atoms with E-state index in [1.54, 1.807) is 43.7 Å². The lowest BCUT2D eigenvalue weighted by Gasteiger charge is -2.18. The average molecular weight is 400 g/mol. The van der Waals surface area contributed by atoms with Crippen molar-refractivity contribution in [2.45, 2.75) is 26.5 Å². The second kappa shape index (κ2) is 9.28. The summed E-state index contributed by atoms with van der Waals surface area (Å²) in [4.78, 5) is 16.6. The number of carbonyl (C=O) groups excluding carboxylic acids is 1. The molecule has 0 spiro atoms. The van der Waals surface area contributed by atoms with Crippen molar-refractivity contribution in [3.63, 3.8) is 0 Å². The zero-order valence-electron chi connectivity index (χ0n) is 15.8. The van der Waals surface area contributed by atoms with Crippen LogP contribution in [0.4, 0.5) is 5.69 Å². The van der Waals surface area contributed by atoms with Crippen LogP contribution in [0.15, 0.2) is 61.2 Å². The van der Waals surface area contributed by atoms with Gasteiger partial charge in [-0.15, -0.1) is 0 Å². The number of nitrogens with one attached hydrogen (secondary N) is 1. The van der Waals surface area contributed by atoms with Gasteiger partial charge in [-0.05, 0) is 49.7 Å². The zero-order valence-corrected chi connectivity index (χ0v) is 16.5. The third-order valence-electron chi connectivity index (χ3n) is 4.12. The van der Waals surface area contributed by atoms with Crippen molar-refractivity contribution < 1.29 is 14.3 Å². The number of benzene rings is 2. The lowest BCUT2D eigenvalue weighted by atomic mass is 10.2. The first kappa shape index (κ1) is 19.8. The van der Waals surface area contributed by atoms with Gasteiger partial charge in [-0.25, -0.2) is 4.98 Å². The number of hydrogen-bond acceptors (Lipinski definition) is 4. The number of carbonyl (C=O) groups is 1. The summed E-state index contributed by atoms with van der Waals surface area (Å²) < 4.78 is 13.5. The Bertz CT molecular complexity index is 928. The van der Waals surface area contributed by atoms with E-state index in [9.17, 15) is 4.79 Å². The number of amides is 1. The molecular weight excluding hydrogens is 378 g/mol. The van der Waals surface area contributed by atoms with Crippen molar-refractivity contribution in [1.29, 1.82) is 0 Å². The van der Waals surface area contributed by atoms with E-state index in [1.165, 1.54) is 0 Å². The van der Waals surface area contributed by atoms with Crippen molar-refractivity contribution >= 4 is 23.2 Å². The van der Waals surface area contributed by atoms with Crippen LogP contribution in [-0.2, 0) is 11.3 Å². The van der Waals surface area contributed by atoms with Gasteiger partial charge in [0.15, 0.2) is 6.10 Å². The predicted octanol–water partition coefficient (Wildman–Crippen LogP) is 4.33. The Labute approximate surface area is 169 Å². The minimum absolute atomic E-state index is 0.264. The average Bonchev–Trinajstić information content (AvgIpc) is 3.19. The van der Waals surface area contributed by atoms with Gasteiger partial charge in [0.2, 0.25) is 0 Å². The number of aromatic nitrogens is 2. The number of anilines is 1. The second-order valence-electron chi connectivity index (χ2n) is 6.30. The van der Waals surface area contributed by atoms with Crippen molar-refractivity contribution in [1.82, 2.24) is 9.55 Å². The van der Waals surface area contributed by atoms with Crippen LogP contribution in [0.2, 0.25) is 5.02 Å². The van der Waals surface area contributed by atoms with Crippen LogP contribution in [0, 0.1) is 6.92 Å². The lowest BCUT2D eigenvalue weighted by molar-refractivity contribution is -0.122. The Balaban J connectivity index is 1.59. The van der Waals surface area contributed by atoms with Crippen LogP contribution in [0.3, 0.4) is 0 Å². The van der Waals surface area contributed by atoms with E-state index in [-0.39, 0.29) is 5.91 Å². The Hall–Kier alpha value is -2.99. The van der Waals surface area contributed by atoms with Crippen LogP contribution in [0.1, 0.15) is 12.5 Å². The molecule has 7 heteroatoms. The zero-order chi connectivity index (χ0) is 19.9. The highest BCUT2D eigenvalue weighted by atomic mass is 35.5. The first-order chi connectivity index (χ1) is 13.5. The summed E-state index contributed by atoms with van der Waals surface area (Å²) in [5.41, 5.74) is 1.47. The van der Waals surface area contributed by atoms with Crippen molar-refractivity contribution in [3.05, 3.63) is 71.8 Å². The third-order valence-corrected chi connectivity index (χ3v) is 4.36. The molecule has 6 nitrogen and oxygen atoms in total.